The lowest BCUT2D eigenvalue weighted by Crippen LogP contribution is -2.55. The van der Waals surface area contributed by atoms with E-state index in [1.807, 2.05) is 37.4 Å². The normalized spacial score (nSPS) is 23.6. The Morgan fingerprint density at radius 2 is 1.72 bits per heavy atom. The molecule has 0 aliphatic carbocycles. The molecule has 8 heteroatoms. The molecule has 3 aromatic rings. The molecule has 6 nitrogen and oxygen atoms in total. The highest BCUT2D eigenvalue weighted by molar-refractivity contribution is 7.10. The maximum Gasteiger partial charge on any atom is 0.330 e. The maximum absolute atomic E-state index is 14.3. The van der Waals surface area contributed by atoms with Crippen LogP contribution < -0.4 is 0 Å². The number of carbonyl (C=O) groups excluding carboxylic acids is 2. The molecule has 0 bridgehead atoms. The Morgan fingerprint density at radius 1 is 1.06 bits per heavy atom. The minimum atomic E-state index is -1.77. The predicted octanol–water partition coefficient (Wildman–Crippen LogP) is 5.16. The van der Waals surface area contributed by atoms with Crippen LogP contribution in [0.2, 0.25) is 0 Å². The average molecular weight is 510 g/mol. The third-order valence-electron chi connectivity index (χ3n) is 7.16. The number of halogens is 1. The zero-order valence-corrected chi connectivity index (χ0v) is 21.3. The molecular weight excluding hydrogens is 481 g/mol. The van der Waals surface area contributed by atoms with Crippen molar-refractivity contribution in [3.8, 4) is 0 Å². The Labute approximate surface area is 213 Å². The van der Waals surface area contributed by atoms with E-state index in [0.717, 1.165) is 16.0 Å². The van der Waals surface area contributed by atoms with Crippen LogP contribution in [0.1, 0.15) is 50.8 Å². The van der Waals surface area contributed by atoms with Gasteiger partial charge in [-0.2, -0.15) is 0 Å². The zero-order valence-electron chi connectivity index (χ0n) is 20.5. The molecule has 0 spiro atoms. The number of thiophene rings is 1. The van der Waals surface area contributed by atoms with Crippen molar-refractivity contribution in [1.29, 1.82) is 0 Å². The third kappa shape index (κ3) is 4.14. The van der Waals surface area contributed by atoms with Gasteiger partial charge in [0.25, 0.3) is 0 Å². The van der Waals surface area contributed by atoms with Crippen molar-refractivity contribution in [2.45, 2.75) is 38.3 Å². The van der Waals surface area contributed by atoms with Gasteiger partial charge in [-0.1, -0.05) is 36.4 Å². The number of ketones is 1. The lowest BCUT2D eigenvalue weighted by atomic mass is 9.73. The molecule has 1 fully saturated rings. The number of carboxylic acid groups (broad SMARTS) is 1. The van der Waals surface area contributed by atoms with Gasteiger partial charge in [-0.3, -0.25) is 9.59 Å². The first-order valence-electron chi connectivity index (χ1n) is 11.6. The Kier molecular flexibility index (Phi) is 7.11. The number of hydrogen-bond acceptors (Lipinski definition) is 5. The van der Waals surface area contributed by atoms with Gasteiger partial charge in [0.2, 0.25) is 5.91 Å². The Morgan fingerprint density at radius 3 is 2.28 bits per heavy atom. The maximum atomic E-state index is 14.3. The van der Waals surface area contributed by atoms with Gasteiger partial charge >= 0.3 is 5.97 Å². The number of hydrogen-bond donors (Lipinski definition) is 1. The molecule has 1 amide bonds. The lowest BCUT2D eigenvalue weighted by molar-refractivity contribution is -0.159. The van der Waals surface area contributed by atoms with Crippen molar-refractivity contribution >= 4 is 29.0 Å². The van der Waals surface area contributed by atoms with Gasteiger partial charge < -0.3 is 14.7 Å². The third-order valence-corrected chi connectivity index (χ3v) is 8.26. The van der Waals surface area contributed by atoms with Crippen LogP contribution in [0.4, 0.5) is 4.39 Å². The van der Waals surface area contributed by atoms with Gasteiger partial charge in [0.1, 0.15) is 18.0 Å². The molecule has 1 aliphatic rings. The SMILES string of the molecule is COCC(=O)N1C(c2ccc(F)cc2)C(C(=O)c2ccccc2C)C(c2sccc2C)C1(C)C(=O)O. The summed E-state index contributed by atoms with van der Waals surface area (Å²) in [6.45, 7) is 4.83. The van der Waals surface area contributed by atoms with Gasteiger partial charge in [-0.05, 0) is 61.0 Å². The predicted molar refractivity (Wildman–Crippen MR) is 135 cm³/mol. The standard InChI is InChI=1S/C28H28FNO5S/c1-16-7-5-6-8-20(16)25(32)22-23(26-17(2)13-14-36-26)28(3,27(33)34)30(21(31)15-35-4)24(22)18-9-11-19(29)12-10-18/h5-14,22-24H,15H2,1-4H3,(H,33,34). The molecule has 1 saturated heterocycles. The highest BCUT2D eigenvalue weighted by atomic mass is 32.1. The van der Waals surface area contributed by atoms with Crippen molar-refractivity contribution < 1.29 is 28.6 Å². The number of aryl methyl sites for hydroxylation is 2. The lowest BCUT2D eigenvalue weighted by Gasteiger charge is -2.37. The van der Waals surface area contributed by atoms with E-state index in [1.165, 1.54) is 54.5 Å². The first kappa shape index (κ1) is 25.7. The molecule has 4 atom stereocenters. The summed E-state index contributed by atoms with van der Waals surface area (Å²) < 4.78 is 19.0. The summed E-state index contributed by atoms with van der Waals surface area (Å²) in [5.74, 6) is -4.30. The summed E-state index contributed by atoms with van der Waals surface area (Å²) in [6, 6.07) is 13.6. The summed E-state index contributed by atoms with van der Waals surface area (Å²) in [5.41, 5.74) is 0.770. The summed E-state index contributed by atoms with van der Waals surface area (Å²) in [7, 11) is 1.36. The van der Waals surface area contributed by atoms with E-state index in [-0.39, 0.29) is 12.4 Å². The number of Topliss-reactive ketones (excluding diaryl/α,β-unsaturated/α-hetero) is 1. The van der Waals surface area contributed by atoms with Crippen LogP contribution in [0.3, 0.4) is 0 Å². The molecule has 4 rings (SSSR count). The van der Waals surface area contributed by atoms with Gasteiger partial charge in [-0.15, -0.1) is 11.3 Å². The number of carbonyl (C=O) groups is 3. The first-order chi connectivity index (χ1) is 17.1. The second-order valence-corrected chi connectivity index (χ2v) is 10.2. The number of methoxy groups -OCH3 is 1. The molecule has 1 N–H and O–H groups in total. The minimum Gasteiger partial charge on any atom is -0.479 e. The fourth-order valence-electron chi connectivity index (χ4n) is 5.44. The van der Waals surface area contributed by atoms with E-state index in [4.69, 9.17) is 4.74 Å². The first-order valence-corrected chi connectivity index (χ1v) is 12.4. The van der Waals surface area contributed by atoms with Crippen LogP contribution in [0.5, 0.6) is 0 Å². The van der Waals surface area contributed by atoms with Crippen molar-refractivity contribution in [2.24, 2.45) is 5.92 Å². The van der Waals surface area contributed by atoms with Gasteiger partial charge in [-0.25, -0.2) is 9.18 Å². The molecule has 0 radical (unpaired) electrons. The highest BCUT2D eigenvalue weighted by Crippen LogP contribution is 2.58. The highest BCUT2D eigenvalue weighted by Gasteiger charge is 2.65. The fourth-order valence-corrected chi connectivity index (χ4v) is 6.63. The average Bonchev–Trinajstić information content (AvgIpc) is 3.38. The van der Waals surface area contributed by atoms with Crippen molar-refractivity contribution in [1.82, 2.24) is 4.90 Å². The molecule has 0 saturated carbocycles. The van der Waals surface area contributed by atoms with E-state index in [0.29, 0.717) is 11.1 Å². The number of rotatable bonds is 7. The van der Waals surface area contributed by atoms with Gasteiger partial charge in [0.15, 0.2) is 5.78 Å². The summed E-state index contributed by atoms with van der Waals surface area (Å²) in [6.07, 6.45) is 0. The molecule has 2 heterocycles. The van der Waals surface area contributed by atoms with Crippen LogP contribution in [-0.2, 0) is 14.3 Å². The summed E-state index contributed by atoms with van der Waals surface area (Å²) in [4.78, 5) is 42.9. The largest absolute Gasteiger partial charge is 0.479 e. The Bertz CT molecular complexity index is 1300. The monoisotopic (exact) mass is 509 g/mol. The quantitative estimate of drug-likeness (QED) is 0.445. The number of carboxylic acids is 1. The fraction of sp³-hybridized carbons (Fsp3) is 0.321. The number of ether oxygens (including phenoxy) is 1. The van der Waals surface area contributed by atoms with Crippen LogP contribution >= 0.6 is 11.3 Å². The number of amides is 1. The van der Waals surface area contributed by atoms with Crippen LogP contribution in [0.15, 0.2) is 60.0 Å². The van der Waals surface area contributed by atoms with E-state index < -0.39 is 41.1 Å². The molecule has 36 heavy (non-hydrogen) atoms. The minimum absolute atomic E-state index is 0.264. The molecule has 2 aromatic carbocycles. The molecule has 4 unspecified atom stereocenters. The van der Waals surface area contributed by atoms with E-state index in [1.54, 1.807) is 12.1 Å². The van der Waals surface area contributed by atoms with Crippen LogP contribution in [0, 0.1) is 25.6 Å². The van der Waals surface area contributed by atoms with E-state index in [2.05, 4.69) is 0 Å². The van der Waals surface area contributed by atoms with Crippen molar-refractivity contribution in [3.63, 3.8) is 0 Å². The van der Waals surface area contributed by atoms with Crippen LogP contribution in [0.25, 0.3) is 0 Å². The Balaban J connectivity index is 2.06. The molecule has 1 aliphatic heterocycles. The van der Waals surface area contributed by atoms with Crippen molar-refractivity contribution in [3.05, 3.63) is 92.9 Å². The molecular formula is C28H28FNO5S. The van der Waals surface area contributed by atoms with Gasteiger partial charge in [0.05, 0.1) is 12.0 Å². The topological polar surface area (TPSA) is 83.9 Å². The van der Waals surface area contributed by atoms with Crippen molar-refractivity contribution in [2.75, 3.05) is 13.7 Å². The molecule has 188 valence electrons. The number of benzene rings is 2. The smallest absolute Gasteiger partial charge is 0.330 e. The zero-order chi connectivity index (χ0) is 26.2. The van der Waals surface area contributed by atoms with E-state index >= 15 is 0 Å². The number of aliphatic carboxylic acids is 1. The summed E-state index contributed by atoms with van der Waals surface area (Å²) >= 11 is 1.37. The summed E-state index contributed by atoms with van der Waals surface area (Å²) in [5, 5.41) is 12.5. The number of nitrogens with zero attached hydrogens (tertiary/aromatic N) is 1. The second kappa shape index (κ2) is 9.95. The van der Waals surface area contributed by atoms with Crippen LogP contribution in [-0.4, -0.2) is 46.9 Å². The van der Waals surface area contributed by atoms with Gasteiger partial charge in [0, 0.05) is 23.5 Å². The number of likely N-dealkylation sites (tertiary alicyclic amines) is 1. The second-order valence-electron chi connectivity index (χ2n) is 9.30. The Hall–Kier alpha value is -3.36. The van der Waals surface area contributed by atoms with E-state index in [9.17, 15) is 23.9 Å². The molecule has 1 aromatic heterocycles.